The topological polar surface area (TPSA) is 46.2 Å². The lowest BCUT2D eigenvalue weighted by molar-refractivity contribution is -0.672. The molecule has 0 amide bonds. The van der Waals surface area contributed by atoms with E-state index in [1.54, 1.807) is 9.47 Å². The summed E-state index contributed by atoms with van der Waals surface area (Å²) < 4.78 is 3.83. The molecule has 0 N–H and O–H groups in total. The van der Waals surface area contributed by atoms with Crippen molar-refractivity contribution in [2.24, 2.45) is 0 Å². The Hall–Kier alpha value is 0.295. The Morgan fingerprint density at radius 1 is 1.14 bits per heavy atom. The molecule has 0 aliphatic rings. The number of hydrogen-bond acceptors (Lipinski definition) is 5. The Morgan fingerprint density at radius 2 is 1.86 bits per heavy atom. The molecule has 0 aromatic heterocycles. The van der Waals surface area contributed by atoms with Gasteiger partial charge in [-0.05, 0) is 10.1 Å². The quantitative estimate of drug-likeness (QED) is 0.160. The van der Waals surface area contributed by atoms with Gasteiger partial charge >= 0.3 is 8.05 Å². The van der Waals surface area contributed by atoms with Crippen LogP contribution in [-0.4, -0.2) is 8.05 Å². The molecule has 7 heteroatoms. The Morgan fingerprint density at radius 3 is 2.29 bits per heavy atom. The fraction of sp³-hybridized carbons (Fsp3) is 0. The van der Waals surface area contributed by atoms with E-state index in [0.717, 1.165) is 0 Å². The van der Waals surface area contributed by atoms with Crippen molar-refractivity contribution in [3.05, 3.63) is 0 Å². The SMILES string of the molecule is BOOOOOP. The van der Waals surface area contributed by atoms with Gasteiger partial charge in [-0.3, -0.25) is 4.81 Å². The van der Waals surface area contributed by atoms with E-state index < -0.39 is 0 Å². The molecule has 5 nitrogen and oxygen atoms in total. The van der Waals surface area contributed by atoms with Crippen molar-refractivity contribution in [2.45, 2.75) is 0 Å². The predicted molar refractivity (Wildman–Crippen MR) is 23.7 cm³/mol. The van der Waals surface area contributed by atoms with Crippen LogP contribution in [0.5, 0.6) is 0 Å². The molecule has 1 atom stereocenters. The second-order valence-corrected chi connectivity index (χ2v) is 0.659. The third-order valence-electron chi connectivity index (χ3n) is 0.163. The normalized spacial score (nSPS) is 9.29. The van der Waals surface area contributed by atoms with Crippen LogP contribution < -0.4 is 0 Å². The molecule has 42 valence electrons. The van der Waals surface area contributed by atoms with Crippen LogP contribution in [0.2, 0.25) is 0 Å². The smallest absolute Gasteiger partial charge is 0.283 e. The zero-order valence-electron chi connectivity index (χ0n) is 3.62. The summed E-state index contributed by atoms with van der Waals surface area (Å²) in [6.45, 7) is 0. The molecule has 1 unspecified atom stereocenters. The molecule has 0 rings (SSSR count). The van der Waals surface area contributed by atoms with Crippen molar-refractivity contribution in [2.75, 3.05) is 0 Å². The maximum absolute atomic E-state index is 3.91. The van der Waals surface area contributed by atoms with Gasteiger partial charge in [0.05, 0.1) is 0 Å². The minimum atomic E-state index is 1.26. The first-order valence-corrected chi connectivity index (χ1v) is 1.78. The molecule has 0 bridgehead atoms. The van der Waals surface area contributed by atoms with Crippen molar-refractivity contribution >= 4 is 17.5 Å². The van der Waals surface area contributed by atoms with Gasteiger partial charge in [0, 0.05) is 9.47 Å². The van der Waals surface area contributed by atoms with Crippen molar-refractivity contribution in [3.8, 4) is 0 Å². The van der Waals surface area contributed by atoms with Gasteiger partial charge in [0.1, 0.15) is 0 Å². The first-order valence-electron chi connectivity index (χ1n) is 1.31. The predicted octanol–water partition coefficient (Wildman–Crippen LogP) is -0.932. The zero-order chi connectivity index (χ0) is 5.54. The van der Waals surface area contributed by atoms with Crippen LogP contribution in [0.15, 0.2) is 0 Å². The largest absolute Gasteiger partial charge is 0.310 e. The van der Waals surface area contributed by atoms with Gasteiger partial charge in [-0.15, -0.1) is 0 Å². The van der Waals surface area contributed by atoms with E-state index in [2.05, 4.69) is 24.6 Å². The van der Waals surface area contributed by atoms with Gasteiger partial charge in [-0.1, -0.05) is 5.04 Å². The van der Waals surface area contributed by atoms with Crippen molar-refractivity contribution in [1.29, 1.82) is 0 Å². The highest BCUT2D eigenvalue weighted by Crippen LogP contribution is 1.87. The van der Waals surface area contributed by atoms with Gasteiger partial charge in [-0.25, -0.2) is 0 Å². The van der Waals surface area contributed by atoms with E-state index in [4.69, 9.17) is 0 Å². The molecule has 0 spiro atoms. The van der Waals surface area contributed by atoms with Crippen LogP contribution in [0.4, 0.5) is 0 Å². The average molecular weight is 126 g/mol. The van der Waals surface area contributed by atoms with E-state index >= 15 is 0 Å². The van der Waals surface area contributed by atoms with Crippen molar-refractivity contribution in [1.82, 2.24) is 0 Å². The summed E-state index contributed by atoms with van der Waals surface area (Å²) in [5.41, 5.74) is 0. The summed E-state index contributed by atoms with van der Waals surface area (Å²) in [4.78, 5) is 3.91. The molecule has 0 saturated heterocycles. The highest BCUT2D eigenvalue weighted by atomic mass is 31.0. The van der Waals surface area contributed by atoms with E-state index in [-0.39, 0.29) is 0 Å². The third kappa shape index (κ3) is 6.29. The highest BCUT2D eigenvalue weighted by molar-refractivity contribution is 7.09. The number of hydrogen-bond donors (Lipinski definition) is 0. The second-order valence-electron chi connectivity index (χ2n) is 0.467. The Bertz CT molecular complexity index is 27.3. The minimum Gasteiger partial charge on any atom is -0.283 e. The first kappa shape index (κ1) is 7.29. The summed E-state index contributed by atoms with van der Waals surface area (Å²) in [5.74, 6) is 0. The lowest BCUT2D eigenvalue weighted by atomic mass is 10.6. The molecule has 0 aromatic carbocycles. The molecule has 0 aromatic rings. The molecular weight excluding hydrogens is 122 g/mol. The summed E-state index contributed by atoms with van der Waals surface area (Å²) >= 11 is 0. The first-order chi connectivity index (χ1) is 3.41. The zero-order valence-corrected chi connectivity index (χ0v) is 4.77. The van der Waals surface area contributed by atoms with Gasteiger partial charge in [-0.2, -0.15) is 4.67 Å². The van der Waals surface area contributed by atoms with E-state index in [0.29, 0.717) is 0 Å². The van der Waals surface area contributed by atoms with Gasteiger partial charge < -0.3 is 0 Å². The van der Waals surface area contributed by atoms with E-state index in [1.807, 2.05) is 0 Å². The summed E-state index contributed by atoms with van der Waals surface area (Å²) in [7, 11) is 3.02. The number of rotatable bonds is 4. The molecule has 7 heavy (non-hydrogen) atoms. The Labute approximate surface area is 43.3 Å². The van der Waals surface area contributed by atoms with Crippen LogP contribution in [0.3, 0.4) is 0 Å². The van der Waals surface area contributed by atoms with Crippen molar-refractivity contribution in [3.63, 3.8) is 0 Å². The van der Waals surface area contributed by atoms with E-state index in [1.165, 1.54) is 8.05 Å². The molecule has 0 aliphatic carbocycles. The lowest BCUT2D eigenvalue weighted by Crippen LogP contribution is -1.91. The average Bonchev–Trinajstić information content (AvgIpc) is 1.69. The molecule has 0 aliphatic heterocycles. The van der Waals surface area contributed by atoms with Crippen LogP contribution in [-0.2, 0) is 24.6 Å². The lowest BCUT2D eigenvalue weighted by Gasteiger charge is -1.92. The minimum absolute atomic E-state index is 1.26. The molecule has 0 radical (unpaired) electrons. The summed E-state index contributed by atoms with van der Waals surface area (Å²) in [6.07, 6.45) is 0. The summed E-state index contributed by atoms with van der Waals surface area (Å²) in [5, 5.41) is 11.1. The van der Waals surface area contributed by atoms with Crippen LogP contribution in [0.1, 0.15) is 0 Å². The standard InChI is InChI=1S/BH4O5P/c1-2-3-4-5-6-7/h1,7H2. The molecular formula is H4BO5P. The van der Waals surface area contributed by atoms with Gasteiger partial charge in [0.25, 0.3) is 0 Å². The maximum Gasteiger partial charge on any atom is 0.310 e. The maximum atomic E-state index is 3.91. The van der Waals surface area contributed by atoms with E-state index in [9.17, 15) is 0 Å². The fourth-order valence-corrected chi connectivity index (χ4v) is 0.0872. The third-order valence-corrected chi connectivity index (χ3v) is 0.241. The highest BCUT2D eigenvalue weighted by Gasteiger charge is 1.79. The Balaban J connectivity index is 2.45. The summed E-state index contributed by atoms with van der Waals surface area (Å²) in [6, 6.07) is 0. The Kier molecular flexibility index (Phi) is 6.56. The second kappa shape index (κ2) is 6.29. The van der Waals surface area contributed by atoms with Gasteiger partial charge in [0.2, 0.25) is 0 Å². The van der Waals surface area contributed by atoms with Crippen LogP contribution >= 0.6 is 9.47 Å². The molecule has 0 heterocycles. The molecule has 0 saturated carbocycles. The van der Waals surface area contributed by atoms with Crippen LogP contribution in [0.25, 0.3) is 0 Å². The van der Waals surface area contributed by atoms with Gasteiger partial charge in [0.15, 0.2) is 0 Å². The van der Waals surface area contributed by atoms with Crippen LogP contribution in [0, 0.1) is 0 Å². The molecule has 0 fully saturated rings. The fourth-order valence-electron chi connectivity index (χ4n) is 0.0552. The monoisotopic (exact) mass is 126 g/mol. The van der Waals surface area contributed by atoms with Crippen molar-refractivity contribution < 1.29 is 24.6 Å².